The van der Waals surface area contributed by atoms with Crippen molar-refractivity contribution in [2.75, 3.05) is 0 Å². The van der Waals surface area contributed by atoms with Gasteiger partial charge >= 0.3 is 0 Å². The Morgan fingerprint density at radius 1 is 1.13 bits per heavy atom. The molecule has 1 aromatic heterocycles. The Hall–Kier alpha value is -2.51. The minimum absolute atomic E-state index is 0.0343. The maximum absolute atomic E-state index is 10.8. The van der Waals surface area contributed by atoms with E-state index in [9.17, 15) is 10.1 Å². The van der Waals surface area contributed by atoms with Gasteiger partial charge in [-0.3, -0.25) is 10.1 Å². The molecule has 0 bridgehead atoms. The molecule has 0 fully saturated rings. The molecule has 0 N–H and O–H groups in total. The highest BCUT2D eigenvalue weighted by molar-refractivity contribution is 6.35. The fourth-order valence-electron chi connectivity index (χ4n) is 2.01. The van der Waals surface area contributed by atoms with Gasteiger partial charge < -0.3 is 0 Å². The van der Waals surface area contributed by atoms with Crippen molar-refractivity contribution in [3.8, 4) is 11.4 Å². The zero-order valence-corrected chi connectivity index (χ0v) is 13.1. The molecule has 9 heteroatoms. The summed E-state index contributed by atoms with van der Waals surface area (Å²) in [5, 5.41) is 23.9. The standard InChI is InChI=1S/C14H9Cl2N5O2/c15-12-5-2-6-13(16)11(12)8-20-18-14(17-19-20)9-3-1-4-10(7-9)21(22)23/h1-7H,8H2. The van der Waals surface area contributed by atoms with Gasteiger partial charge in [0.05, 0.1) is 11.5 Å². The molecule has 7 nitrogen and oxygen atoms in total. The Balaban J connectivity index is 1.89. The number of benzene rings is 2. The SMILES string of the molecule is O=[N+]([O-])c1cccc(-c2nnn(Cc3c(Cl)cccc3Cl)n2)c1. The van der Waals surface area contributed by atoms with Crippen LogP contribution in [0.4, 0.5) is 5.69 Å². The van der Waals surface area contributed by atoms with Crippen molar-refractivity contribution in [1.82, 2.24) is 20.2 Å². The molecular weight excluding hydrogens is 341 g/mol. The molecule has 1 heterocycles. The van der Waals surface area contributed by atoms with E-state index >= 15 is 0 Å². The van der Waals surface area contributed by atoms with Gasteiger partial charge in [0.25, 0.3) is 5.69 Å². The van der Waals surface area contributed by atoms with Crippen LogP contribution in [0.2, 0.25) is 10.0 Å². The first kappa shape index (κ1) is 15.4. The summed E-state index contributed by atoms with van der Waals surface area (Å²) in [6.45, 7) is 0.250. The normalized spacial score (nSPS) is 10.7. The fourth-order valence-corrected chi connectivity index (χ4v) is 2.53. The van der Waals surface area contributed by atoms with Crippen molar-refractivity contribution in [3.05, 3.63) is 68.2 Å². The van der Waals surface area contributed by atoms with E-state index in [0.717, 1.165) is 0 Å². The summed E-state index contributed by atoms with van der Waals surface area (Å²) in [5.74, 6) is 0.289. The van der Waals surface area contributed by atoms with Crippen LogP contribution in [0.5, 0.6) is 0 Å². The third kappa shape index (κ3) is 3.30. The van der Waals surface area contributed by atoms with E-state index in [4.69, 9.17) is 23.2 Å². The van der Waals surface area contributed by atoms with Crippen molar-refractivity contribution < 1.29 is 4.92 Å². The highest BCUT2D eigenvalue weighted by atomic mass is 35.5. The van der Waals surface area contributed by atoms with Crippen LogP contribution in [0, 0.1) is 10.1 Å². The monoisotopic (exact) mass is 349 g/mol. The molecule has 0 aliphatic heterocycles. The van der Waals surface area contributed by atoms with Gasteiger partial charge in [-0.15, -0.1) is 10.2 Å². The fraction of sp³-hybridized carbons (Fsp3) is 0.0714. The van der Waals surface area contributed by atoms with Gasteiger partial charge in [-0.25, -0.2) is 0 Å². The quantitative estimate of drug-likeness (QED) is 0.530. The van der Waals surface area contributed by atoms with Gasteiger partial charge in [-0.2, -0.15) is 4.80 Å². The van der Waals surface area contributed by atoms with Crippen LogP contribution >= 0.6 is 23.2 Å². The average molecular weight is 350 g/mol. The molecule has 0 aliphatic rings. The summed E-state index contributed by atoms with van der Waals surface area (Å²) in [6.07, 6.45) is 0. The van der Waals surface area contributed by atoms with E-state index in [1.807, 2.05) is 0 Å². The maximum Gasteiger partial charge on any atom is 0.270 e. The number of aromatic nitrogens is 4. The summed E-state index contributed by atoms with van der Waals surface area (Å²) in [5.41, 5.74) is 1.16. The largest absolute Gasteiger partial charge is 0.270 e. The van der Waals surface area contributed by atoms with Gasteiger partial charge in [0.2, 0.25) is 5.82 Å². The number of hydrogen-bond donors (Lipinski definition) is 0. The molecule has 3 rings (SSSR count). The molecule has 23 heavy (non-hydrogen) atoms. The first-order valence-corrected chi connectivity index (χ1v) is 7.26. The summed E-state index contributed by atoms with van der Waals surface area (Å²) in [6, 6.07) is 11.2. The second-order valence-electron chi connectivity index (χ2n) is 4.65. The van der Waals surface area contributed by atoms with Crippen LogP contribution in [-0.4, -0.2) is 25.1 Å². The second-order valence-corrected chi connectivity index (χ2v) is 5.47. The average Bonchev–Trinajstić information content (AvgIpc) is 3.00. The summed E-state index contributed by atoms with van der Waals surface area (Å²) >= 11 is 12.2. The molecule has 0 amide bonds. The Morgan fingerprint density at radius 3 is 2.52 bits per heavy atom. The Kier molecular flexibility index (Phi) is 4.22. The van der Waals surface area contributed by atoms with E-state index in [0.29, 0.717) is 21.2 Å². The van der Waals surface area contributed by atoms with Crippen molar-refractivity contribution >= 4 is 28.9 Å². The highest BCUT2D eigenvalue weighted by Gasteiger charge is 2.13. The lowest BCUT2D eigenvalue weighted by Gasteiger charge is -2.04. The molecule has 0 unspecified atom stereocenters. The third-order valence-corrected chi connectivity index (χ3v) is 3.84. The minimum atomic E-state index is -0.475. The van der Waals surface area contributed by atoms with Gasteiger partial charge in [-0.1, -0.05) is 41.4 Å². The van der Waals surface area contributed by atoms with E-state index in [-0.39, 0.29) is 18.1 Å². The molecular formula is C14H9Cl2N5O2. The number of halogens is 2. The molecule has 0 atom stereocenters. The van der Waals surface area contributed by atoms with Crippen LogP contribution in [0.3, 0.4) is 0 Å². The Bertz CT molecular complexity index is 861. The van der Waals surface area contributed by atoms with Gasteiger partial charge in [-0.05, 0) is 17.3 Å². The number of hydrogen-bond acceptors (Lipinski definition) is 5. The summed E-state index contributed by atoms with van der Waals surface area (Å²) in [7, 11) is 0. The lowest BCUT2D eigenvalue weighted by molar-refractivity contribution is -0.384. The molecule has 2 aromatic carbocycles. The highest BCUT2D eigenvalue weighted by Crippen LogP contribution is 2.25. The summed E-state index contributed by atoms with van der Waals surface area (Å²) in [4.78, 5) is 11.7. The molecule has 3 aromatic rings. The Morgan fingerprint density at radius 2 is 1.83 bits per heavy atom. The molecule has 116 valence electrons. The molecule has 0 saturated heterocycles. The van der Waals surface area contributed by atoms with Crippen LogP contribution in [0.25, 0.3) is 11.4 Å². The van der Waals surface area contributed by atoms with Crippen LogP contribution in [0.15, 0.2) is 42.5 Å². The zero-order valence-electron chi connectivity index (χ0n) is 11.6. The maximum atomic E-state index is 10.8. The minimum Gasteiger partial charge on any atom is -0.258 e. The molecule has 0 radical (unpaired) electrons. The topological polar surface area (TPSA) is 86.7 Å². The van der Waals surface area contributed by atoms with Crippen molar-refractivity contribution in [2.24, 2.45) is 0 Å². The van der Waals surface area contributed by atoms with E-state index in [1.54, 1.807) is 30.3 Å². The lowest BCUT2D eigenvalue weighted by atomic mass is 10.2. The lowest BCUT2D eigenvalue weighted by Crippen LogP contribution is -2.05. The summed E-state index contributed by atoms with van der Waals surface area (Å²) < 4.78 is 0. The number of nitro benzene ring substituents is 1. The number of nitro groups is 1. The Labute approximate surface area is 140 Å². The van der Waals surface area contributed by atoms with Gasteiger partial charge in [0, 0.05) is 33.3 Å². The van der Waals surface area contributed by atoms with Crippen molar-refractivity contribution in [2.45, 2.75) is 6.54 Å². The van der Waals surface area contributed by atoms with E-state index < -0.39 is 4.92 Å². The zero-order chi connectivity index (χ0) is 16.4. The number of rotatable bonds is 4. The molecule has 0 aliphatic carbocycles. The van der Waals surface area contributed by atoms with E-state index in [1.165, 1.54) is 16.9 Å². The van der Waals surface area contributed by atoms with E-state index in [2.05, 4.69) is 15.4 Å². The predicted molar refractivity (Wildman–Crippen MR) is 85.5 cm³/mol. The number of non-ortho nitro benzene ring substituents is 1. The second kappa shape index (κ2) is 6.31. The first-order chi connectivity index (χ1) is 11.0. The van der Waals surface area contributed by atoms with Gasteiger partial charge in [0.1, 0.15) is 0 Å². The molecule has 0 saturated carbocycles. The smallest absolute Gasteiger partial charge is 0.258 e. The van der Waals surface area contributed by atoms with Crippen LogP contribution in [-0.2, 0) is 6.54 Å². The number of nitrogens with zero attached hydrogens (tertiary/aromatic N) is 5. The van der Waals surface area contributed by atoms with Crippen LogP contribution < -0.4 is 0 Å². The van der Waals surface area contributed by atoms with Crippen LogP contribution in [0.1, 0.15) is 5.56 Å². The molecule has 0 spiro atoms. The predicted octanol–water partition coefficient (Wildman–Crippen LogP) is 3.60. The first-order valence-electron chi connectivity index (χ1n) is 6.50. The third-order valence-electron chi connectivity index (χ3n) is 3.13. The number of tetrazole rings is 1. The van der Waals surface area contributed by atoms with Gasteiger partial charge in [0.15, 0.2) is 0 Å². The van der Waals surface area contributed by atoms with Crippen molar-refractivity contribution in [1.29, 1.82) is 0 Å². The van der Waals surface area contributed by atoms with Crippen molar-refractivity contribution in [3.63, 3.8) is 0 Å².